The number of rotatable bonds is 2. The zero-order chi connectivity index (χ0) is 10.8. The smallest absolute Gasteiger partial charge is 0.112 e. The highest BCUT2D eigenvalue weighted by Crippen LogP contribution is 2.35. The molecule has 0 aromatic carbocycles. The summed E-state index contributed by atoms with van der Waals surface area (Å²) in [5.41, 5.74) is 0.981. The van der Waals surface area contributed by atoms with Crippen LogP contribution in [0.4, 0.5) is 0 Å². The van der Waals surface area contributed by atoms with E-state index in [0.717, 1.165) is 34.4 Å². The summed E-state index contributed by atoms with van der Waals surface area (Å²) < 4.78 is 6.30. The molecule has 0 saturated heterocycles. The van der Waals surface area contributed by atoms with Gasteiger partial charge in [0.2, 0.25) is 0 Å². The second kappa shape index (κ2) is 4.68. The van der Waals surface area contributed by atoms with Gasteiger partial charge in [-0.2, -0.15) is 0 Å². The predicted octanol–water partition coefficient (Wildman–Crippen LogP) is 3.55. The largest absolute Gasteiger partial charge is 0.501 e. The molecule has 4 heteroatoms. The second-order valence-electron chi connectivity index (χ2n) is 3.62. The van der Waals surface area contributed by atoms with Crippen LogP contribution >= 0.6 is 27.3 Å². The van der Waals surface area contributed by atoms with Crippen molar-refractivity contribution in [2.45, 2.75) is 25.9 Å². The number of thiophene rings is 1. The van der Waals surface area contributed by atoms with Crippen molar-refractivity contribution in [1.29, 1.82) is 0 Å². The highest BCUT2D eigenvalue weighted by atomic mass is 79.9. The first-order chi connectivity index (χ1) is 7.18. The zero-order valence-electron chi connectivity index (χ0n) is 8.50. The first-order valence-corrected chi connectivity index (χ1v) is 6.54. The molecule has 1 aromatic heterocycles. The van der Waals surface area contributed by atoms with Gasteiger partial charge >= 0.3 is 0 Å². The lowest BCUT2D eigenvalue weighted by molar-refractivity contribution is 0.172. The number of hydrogen-bond acceptors (Lipinski definition) is 3. The van der Waals surface area contributed by atoms with E-state index in [1.54, 1.807) is 17.6 Å². The molecule has 0 fully saturated rings. The van der Waals surface area contributed by atoms with Crippen LogP contribution < -0.4 is 0 Å². The van der Waals surface area contributed by atoms with Crippen molar-refractivity contribution < 1.29 is 9.84 Å². The third-order valence-electron chi connectivity index (χ3n) is 2.46. The maximum Gasteiger partial charge on any atom is 0.112 e. The fourth-order valence-electron chi connectivity index (χ4n) is 1.58. The van der Waals surface area contributed by atoms with Crippen LogP contribution in [0, 0.1) is 6.92 Å². The average Bonchev–Trinajstić information content (AvgIpc) is 2.59. The molecule has 1 atom stereocenters. The monoisotopic (exact) mass is 288 g/mol. The van der Waals surface area contributed by atoms with Gasteiger partial charge in [0.05, 0.1) is 12.9 Å². The number of aliphatic hydroxyl groups excluding tert-OH is 1. The summed E-state index contributed by atoms with van der Waals surface area (Å²) in [5.74, 6) is 0. The summed E-state index contributed by atoms with van der Waals surface area (Å²) in [6.07, 6.45) is 3.13. The van der Waals surface area contributed by atoms with Crippen molar-refractivity contribution in [2.75, 3.05) is 6.61 Å². The SMILES string of the molecule is Cc1sc(C(O)C2=COCCC2)cc1Br. The Kier molecular flexibility index (Phi) is 3.49. The molecule has 0 bridgehead atoms. The molecule has 1 aromatic rings. The van der Waals surface area contributed by atoms with E-state index < -0.39 is 6.10 Å². The molecule has 0 saturated carbocycles. The Morgan fingerprint density at radius 2 is 2.40 bits per heavy atom. The molecular weight excluding hydrogens is 276 g/mol. The third-order valence-corrected chi connectivity index (χ3v) is 4.65. The van der Waals surface area contributed by atoms with Gasteiger partial charge in [-0.3, -0.25) is 0 Å². The summed E-state index contributed by atoms with van der Waals surface area (Å²) in [5, 5.41) is 10.1. The number of ether oxygens (including phenoxy) is 1. The summed E-state index contributed by atoms with van der Waals surface area (Å²) in [4.78, 5) is 2.18. The van der Waals surface area contributed by atoms with Gasteiger partial charge in [-0.15, -0.1) is 11.3 Å². The minimum absolute atomic E-state index is 0.500. The van der Waals surface area contributed by atoms with Crippen LogP contribution in [0.25, 0.3) is 0 Å². The van der Waals surface area contributed by atoms with Crippen LogP contribution in [0.2, 0.25) is 0 Å². The molecule has 0 amide bonds. The standard InChI is InChI=1S/C11H13BrO2S/c1-7-9(12)5-10(15-7)11(13)8-3-2-4-14-6-8/h5-6,11,13H,2-4H2,1H3. The van der Waals surface area contributed by atoms with Gasteiger partial charge in [0.1, 0.15) is 6.10 Å². The molecule has 0 aliphatic carbocycles. The lowest BCUT2D eigenvalue weighted by Crippen LogP contribution is -2.06. The first-order valence-electron chi connectivity index (χ1n) is 4.93. The van der Waals surface area contributed by atoms with E-state index in [2.05, 4.69) is 15.9 Å². The van der Waals surface area contributed by atoms with E-state index in [1.165, 1.54) is 4.88 Å². The van der Waals surface area contributed by atoms with Crippen LogP contribution in [0.5, 0.6) is 0 Å². The number of aryl methyl sites for hydroxylation is 1. The number of halogens is 1. The zero-order valence-corrected chi connectivity index (χ0v) is 10.9. The van der Waals surface area contributed by atoms with E-state index in [1.807, 2.05) is 13.0 Å². The molecule has 2 nitrogen and oxygen atoms in total. The Morgan fingerprint density at radius 3 is 2.93 bits per heavy atom. The van der Waals surface area contributed by atoms with Crippen molar-refractivity contribution in [3.63, 3.8) is 0 Å². The quantitative estimate of drug-likeness (QED) is 0.902. The molecule has 82 valence electrons. The molecule has 1 aliphatic heterocycles. The maximum atomic E-state index is 10.1. The van der Waals surface area contributed by atoms with Crippen molar-refractivity contribution >= 4 is 27.3 Å². The average molecular weight is 289 g/mol. The van der Waals surface area contributed by atoms with Gasteiger partial charge < -0.3 is 9.84 Å². The van der Waals surface area contributed by atoms with Crippen LogP contribution in [-0.2, 0) is 4.74 Å². The molecule has 0 spiro atoms. The van der Waals surface area contributed by atoms with E-state index in [-0.39, 0.29) is 0 Å². The van der Waals surface area contributed by atoms with E-state index in [4.69, 9.17) is 4.74 Å². The van der Waals surface area contributed by atoms with Gasteiger partial charge in [0.15, 0.2) is 0 Å². The summed E-state index contributed by atoms with van der Waals surface area (Å²) in [7, 11) is 0. The molecule has 2 rings (SSSR count). The van der Waals surface area contributed by atoms with Crippen LogP contribution in [-0.4, -0.2) is 11.7 Å². The minimum atomic E-state index is -0.500. The summed E-state index contributed by atoms with van der Waals surface area (Å²) in [6.45, 7) is 2.81. The Hall–Kier alpha value is -0.320. The molecule has 1 aliphatic rings. The number of hydrogen-bond donors (Lipinski definition) is 1. The molecule has 2 heterocycles. The Bertz CT molecular complexity index is 364. The highest BCUT2D eigenvalue weighted by molar-refractivity contribution is 9.10. The second-order valence-corrected chi connectivity index (χ2v) is 5.76. The topological polar surface area (TPSA) is 29.5 Å². The van der Waals surface area contributed by atoms with Gasteiger partial charge in [0.25, 0.3) is 0 Å². The van der Waals surface area contributed by atoms with Crippen molar-refractivity contribution in [2.24, 2.45) is 0 Å². The molecular formula is C11H13BrO2S. The predicted molar refractivity (Wildman–Crippen MR) is 65.0 cm³/mol. The Morgan fingerprint density at radius 1 is 1.60 bits per heavy atom. The normalized spacial score (nSPS) is 18.2. The lowest BCUT2D eigenvalue weighted by Gasteiger charge is -2.17. The fourth-order valence-corrected chi connectivity index (χ4v) is 3.18. The van der Waals surface area contributed by atoms with E-state index in [0.29, 0.717) is 0 Å². The van der Waals surface area contributed by atoms with Crippen molar-refractivity contribution in [1.82, 2.24) is 0 Å². The lowest BCUT2D eigenvalue weighted by atomic mass is 10.0. The van der Waals surface area contributed by atoms with Crippen LogP contribution in [0.15, 0.2) is 22.4 Å². The van der Waals surface area contributed by atoms with Crippen LogP contribution in [0.3, 0.4) is 0 Å². The highest BCUT2D eigenvalue weighted by Gasteiger charge is 2.18. The minimum Gasteiger partial charge on any atom is -0.501 e. The maximum absolute atomic E-state index is 10.1. The first kappa shape index (κ1) is 11.2. The molecule has 15 heavy (non-hydrogen) atoms. The van der Waals surface area contributed by atoms with Gasteiger partial charge in [-0.25, -0.2) is 0 Å². The van der Waals surface area contributed by atoms with E-state index in [9.17, 15) is 5.11 Å². The fraction of sp³-hybridized carbons (Fsp3) is 0.455. The Balaban J connectivity index is 2.19. The Labute approximate surface area is 102 Å². The van der Waals surface area contributed by atoms with Gasteiger partial charge in [0, 0.05) is 14.2 Å². The van der Waals surface area contributed by atoms with Crippen molar-refractivity contribution in [3.8, 4) is 0 Å². The third kappa shape index (κ3) is 2.44. The van der Waals surface area contributed by atoms with Crippen LogP contribution in [0.1, 0.15) is 28.7 Å². The molecule has 1 unspecified atom stereocenters. The molecule has 1 N–H and O–H groups in total. The summed E-state index contributed by atoms with van der Waals surface area (Å²) in [6, 6.07) is 1.99. The summed E-state index contributed by atoms with van der Waals surface area (Å²) >= 11 is 5.08. The van der Waals surface area contributed by atoms with Crippen molar-refractivity contribution in [3.05, 3.63) is 32.1 Å². The van der Waals surface area contributed by atoms with Gasteiger partial charge in [-0.05, 0) is 47.3 Å². The number of aliphatic hydroxyl groups is 1. The van der Waals surface area contributed by atoms with Gasteiger partial charge in [-0.1, -0.05) is 0 Å². The van der Waals surface area contributed by atoms with E-state index >= 15 is 0 Å². The molecule has 0 radical (unpaired) electrons.